The molecule has 0 radical (unpaired) electrons. The Balaban J connectivity index is 1.23. The maximum absolute atomic E-state index is 12.9. The number of benzene rings is 1. The molecule has 1 aliphatic carbocycles. The van der Waals surface area contributed by atoms with Crippen LogP contribution in [0.3, 0.4) is 0 Å². The number of aryl methyl sites for hydroxylation is 1. The number of nitrogens with zero attached hydrogens (tertiary/aromatic N) is 4. The van der Waals surface area contributed by atoms with Gasteiger partial charge in [-0.25, -0.2) is 0 Å². The van der Waals surface area contributed by atoms with Crippen LogP contribution in [0.2, 0.25) is 0 Å². The van der Waals surface area contributed by atoms with E-state index in [4.69, 9.17) is 0 Å². The molecule has 2 aliphatic rings. The number of hydrogen-bond acceptors (Lipinski definition) is 4. The number of carbonyl (C=O) groups is 1. The van der Waals surface area contributed by atoms with Crippen molar-refractivity contribution in [3.8, 4) is 0 Å². The summed E-state index contributed by atoms with van der Waals surface area (Å²) in [5.74, 6) is 1.49. The number of hydrogen-bond donors (Lipinski definition) is 1. The van der Waals surface area contributed by atoms with E-state index in [-0.39, 0.29) is 11.9 Å². The van der Waals surface area contributed by atoms with E-state index in [0.717, 1.165) is 30.8 Å². The number of aromatic nitrogens is 3. The Kier molecular flexibility index (Phi) is 4.87. The van der Waals surface area contributed by atoms with Crippen molar-refractivity contribution in [3.05, 3.63) is 48.9 Å². The lowest BCUT2D eigenvalue weighted by molar-refractivity contribution is -0.127. The fourth-order valence-corrected chi connectivity index (χ4v) is 6.04. The number of para-hydroxylation sites is 1. The largest absolute Gasteiger partial charge is 0.391 e. The van der Waals surface area contributed by atoms with Gasteiger partial charge in [-0.2, -0.15) is 5.10 Å². The molecule has 1 aliphatic heterocycles. The summed E-state index contributed by atoms with van der Waals surface area (Å²) >= 11 is 1.62. The van der Waals surface area contributed by atoms with Crippen molar-refractivity contribution in [2.75, 3.05) is 18.8 Å². The lowest BCUT2D eigenvalue weighted by atomic mass is 9.77. The zero-order chi connectivity index (χ0) is 20.0. The smallest absolute Gasteiger partial charge is 0.232 e. The fourth-order valence-electron chi connectivity index (χ4n) is 5.02. The van der Waals surface area contributed by atoms with Gasteiger partial charge >= 0.3 is 0 Å². The number of fused-ring (bicyclic) bond motifs is 2. The summed E-state index contributed by atoms with van der Waals surface area (Å²) in [6.07, 6.45) is 7.03. The normalized spacial score (nSPS) is 26.8. The fraction of sp³-hybridized carbons (Fsp3) is 0.455. The highest BCUT2D eigenvalue weighted by Gasteiger charge is 2.43. The SMILES string of the molecule is Cn1cc(SCC(=O)N2C[C@H]3C[C@@H](n4cccn4)[C@H](O)C[C@H]3C2)c2ccccc21. The lowest BCUT2D eigenvalue weighted by Gasteiger charge is -2.35. The van der Waals surface area contributed by atoms with E-state index in [0.29, 0.717) is 17.6 Å². The van der Waals surface area contributed by atoms with Crippen LogP contribution < -0.4 is 0 Å². The van der Waals surface area contributed by atoms with E-state index >= 15 is 0 Å². The highest BCUT2D eigenvalue weighted by molar-refractivity contribution is 8.00. The number of amides is 1. The molecular formula is C22H26N4O2S. The van der Waals surface area contributed by atoms with Crippen molar-refractivity contribution in [1.82, 2.24) is 19.2 Å². The van der Waals surface area contributed by atoms with Gasteiger partial charge in [0.15, 0.2) is 0 Å². The van der Waals surface area contributed by atoms with Crippen LogP contribution in [0.15, 0.2) is 53.8 Å². The highest BCUT2D eigenvalue weighted by Crippen LogP contribution is 2.41. The average molecular weight is 411 g/mol. The molecule has 3 aromatic rings. The molecule has 3 heterocycles. The Morgan fingerprint density at radius 2 is 2.00 bits per heavy atom. The van der Waals surface area contributed by atoms with E-state index in [2.05, 4.69) is 28.0 Å². The van der Waals surface area contributed by atoms with Crippen LogP contribution in [0, 0.1) is 11.8 Å². The molecule has 1 saturated heterocycles. The first-order valence-corrected chi connectivity index (χ1v) is 11.2. The molecule has 1 N–H and O–H groups in total. The highest BCUT2D eigenvalue weighted by atomic mass is 32.2. The van der Waals surface area contributed by atoms with Crippen molar-refractivity contribution < 1.29 is 9.90 Å². The maximum atomic E-state index is 12.9. The number of likely N-dealkylation sites (tertiary alicyclic amines) is 1. The molecule has 4 atom stereocenters. The summed E-state index contributed by atoms with van der Waals surface area (Å²) in [5, 5.41) is 16.1. The lowest BCUT2D eigenvalue weighted by Crippen LogP contribution is -2.36. The van der Waals surface area contributed by atoms with Crippen molar-refractivity contribution >= 4 is 28.6 Å². The summed E-state index contributed by atoms with van der Waals surface area (Å²) in [6.45, 7) is 1.56. The molecule has 1 aromatic carbocycles. The van der Waals surface area contributed by atoms with Gasteiger partial charge in [0.1, 0.15) is 0 Å². The molecular weight excluding hydrogens is 384 g/mol. The van der Waals surface area contributed by atoms with Gasteiger partial charge in [0.2, 0.25) is 5.91 Å². The molecule has 5 rings (SSSR count). The first-order chi connectivity index (χ1) is 14.1. The van der Waals surface area contributed by atoms with Crippen LogP contribution in [0.4, 0.5) is 0 Å². The quantitative estimate of drug-likeness (QED) is 0.672. The predicted octanol–water partition coefficient (Wildman–Crippen LogP) is 2.94. The Bertz CT molecular complexity index is 1020. The van der Waals surface area contributed by atoms with Crippen LogP contribution >= 0.6 is 11.8 Å². The van der Waals surface area contributed by atoms with E-state index in [1.165, 1.54) is 10.9 Å². The second-order valence-electron chi connectivity index (χ2n) is 8.32. The maximum Gasteiger partial charge on any atom is 0.232 e. The van der Waals surface area contributed by atoms with Crippen LogP contribution in [0.5, 0.6) is 0 Å². The zero-order valence-corrected chi connectivity index (χ0v) is 17.3. The molecule has 1 saturated carbocycles. The van der Waals surface area contributed by atoms with Gasteiger partial charge in [0.05, 0.1) is 17.9 Å². The summed E-state index contributed by atoms with van der Waals surface area (Å²) in [6, 6.07) is 10.2. The Morgan fingerprint density at radius 3 is 2.79 bits per heavy atom. The van der Waals surface area contributed by atoms with Crippen molar-refractivity contribution in [2.24, 2.45) is 18.9 Å². The second-order valence-corrected chi connectivity index (χ2v) is 9.34. The first kappa shape index (κ1) is 18.8. The van der Waals surface area contributed by atoms with E-state index in [1.807, 2.05) is 41.0 Å². The van der Waals surface area contributed by atoms with Crippen molar-refractivity contribution in [2.45, 2.75) is 29.9 Å². The molecule has 1 amide bonds. The van der Waals surface area contributed by atoms with Gasteiger partial charge in [0, 0.05) is 54.5 Å². The van der Waals surface area contributed by atoms with Crippen LogP contribution in [-0.4, -0.2) is 55.2 Å². The molecule has 0 spiro atoms. The zero-order valence-electron chi connectivity index (χ0n) is 16.5. The van der Waals surface area contributed by atoms with Crippen LogP contribution in [-0.2, 0) is 11.8 Å². The number of aliphatic hydroxyl groups excluding tert-OH is 1. The third kappa shape index (κ3) is 3.46. The molecule has 2 aromatic heterocycles. The van der Waals surface area contributed by atoms with Gasteiger partial charge in [0.25, 0.3) is 0 Å². The first-order valence-electron chi connectivity index (χ1n) is 10.2. The number of thioether (sulfide) groups is 1. The Morgan fingerprint density at radius 1 is 1.21 bits per heavy atom. The molecule has 29 heavy (non-hydrogen) atoms. The third-order valence-corrected chi connectivity index (χ3v) is 7.57. The number of carbonyl (C=O) groups excluding carboxylic acids is 1. The molecule has 152 valence electrons. The monoisotopic (exact) mass is 410 g/mol. The number of rotatable bonds is 4. The van der Waals surface area contributed by atoms with Crippen LogP contribution in [0.1, 0.15) is 18.9 Å². The molecule has 2 fully saturated rings. The molecule has 0 unspecified atom stereocenters. The third-order valence-electron chi connectivity index (χ3n) is 6.54. The summed E-state index contributed by atoms with van der Waals surface area (Å²) in [5.41, 5.74) is 1.19. The van der Waals surface area contributed by atoms with Gasteiger partial charge in [-0.05, 0) is 36.8 Å². The van der Waals surface area contributed by atoms with Gasteiger partial charge in [-0.1, -0.05) is 18.2 Å². The number of aliphatic hydroxyl groups is 1. The predicted molar refractivity (Wildman–Crippen MR) is 114 cm³/mol. The van der Waals surface area contributed by atoms with Gasteiger partial charge in [-0.15, -0.1) is 11.8 Å². The van der Waals surface area contributed by atoms with Crippen molar-refractivity contribution in [3.63, 3.8) is 0 Å². The Hall–Kier alpha value is -2.25. The van der Waals surface area contributed by atoms with Gasteiger partial charge < -0.3 is 14.6 Å². The minimum absolute atomic E-state index is 0.0198. The minimum Gasteiger partial charge on any atom is -0.391 e. The Labute approximate surface area is 174 Å². The minimum atomic E-state index is -0.392. The van der Waals surface area contributed by atoms with E-state index in [1.54, 1.807) is 18.0 Å². The van der Waals surface area contributed by atoms with Gasteiger partial charge in [-0.3, -0.25) is 9.48 Å². The summed E-state index contributed by atoms with van der Waals surface area (Å²) in [7, 11) is 2.04. The second kappa shape index (κ2) is 7.54. The standard InChI is InChI=1S/C22H26N4O2S/c1-24-13-21(17-5-2-3-6-18(17)24)29-14-22(28)25-11-15-9-19(26-8-4-7-23-26)20(27)10-16(15)12-25/h2-8,13,15-16,19-20,27H,9-12,14H2,1H3/t15-,16+,19-,20-/m1/s1. The average Bonchev–Trinajstić information content (AvgIpc) is 3.45. The summed E-state index contributed by atoms with van der Waals surface area (Å²) < 4.78 is 3.99. The molecule has 6 nitrogen and oxygen atoms in total. The van der Waals surface area contributed by atoms with Crippen molar-refractivity contribution in [1.29, 1.82) is 0 Å². The topological polar surface area (TPSA) is 63.3 Å². The molecule has 0 bridgehead atoms. The van der Waals surface area contributed by atoms with E-state index < -0.39 is 6.10 Å². The summed E-state index contributed by atoms with van der Waals surface area (Å²) in [4.78, 5) is 16.1. The van der Waals surface area contributed by atoms with E-state index in [9.17, 15) is 9.90 Å². The van der Waals surface area contributed by atoms with Crippen LogP contribution in [0.25, 0.3) is 10.9 Å². The molecule has 7 heteroatoms.